The van der Waals surface area contributed by atoms with Gasteiger partial charge in [-0.2, -0.15) is 0 Å². The minimum atomic E-state index is 0.558. The van der Waals surface area contributed by atoms with E-state index in [0.29, 0.717) is 19.0 Å². The molecule has 0 aliphatic heterocycles. The average Bonchev–Trinajstić information content (AvgIpc) is 2.93. The van der Waals surface area contributed by atoms with E-state index in [2.05, 4.69) is 25.8 Å². The molecule has 1 heterocycles. The first kappa shape index (κ1) is 14.8. The van der Waals surface area contributed by atoms with Crippen LogP contribution in [0, 0.1) is 0 Å². The van der Waals surface area contributed by atoms with Gasteiger partial charge in [0.05, 0.1) is 13.7 Å². The molecule has 0 bridgehead atoms. The van der Waals surface area contributed by atoms with Gasteiger partial charge in [0, 0.05) is 26.2 Å². The number of aryl methyl sites for hydroxylation is 1. The van der Waals surface area contributed by atoms with Crippen molar-refractivity contribution in [3.63, 3.8) is 0 Å². The van der Waals surface area contributed by atoms with E-state index >= 15 is 0 Å². The first-order chi connectivity index (χ1) is 10.2. The van der Waals surface area contributed by atoms with Crippen molar-refractivity contribution >= 4 is 5.96 Å². The number of hydrogen-bond donors (Lipinski definition) is 2. The van der Waals surface area contributed by atoms with Gasteiger partial charge in [-0.3, -0.25) is 4.99 Å². The van der Waals surface area contributed by atoms with Crippen LogP contribution in [-0.2, 0) is 20.1 Å². The van der Waals surface area contributed by atoms with Crippen molar-refractivity contribution < 1.29 is 4.74 Å². The Labute approximate surface area is 124 Å². The summed E-state index contributed by atoms with van der Waals surface area (Å²) < 4.78 is 7.19. The molecule has 0 saturated heterocycles. The van der Waals surface area contributed by atoms with Crippen LogP contribution in [0.5, 0.6) is 5.75 Å². The summed E-state index contributed by atoms with van der Waals surface area (Å²) in [6, 6.07) is 7.88. The third-order valence-electron chi connectivity index (χ3n) is 3.08. The number of guanidine groups is 1. The molecule has 0 aliphatic rings. The van der Waals surface area contributed by atoms with Crippen molar-refractivity contribution in [1.29, 1.82) is 0 Å². The van der Waals surface area contributed by atoms with E-state index in [-0.39, 0.29) is 0 Å². The van der Waals surface area contributed by atoms with Gasteiger partial charge in [0.25, 0.3) is 0 Å². The lowest BCUT2D eigenvalue weighted by molar-refractivity contribution is 0.409. The number of nitrogens with one attached hydrogen (secondary N) is 2. The normalized spacial score (nSPS) is 11.3. The second kappa shape index (κ2) is 7.28. The molecular formula is C14H20N6O. The maximum Gasteiger partial charge on any atom is 0.191 e. The Morgan fingerprint density at radius 2 is 2.05 bits per heavy atom. The van der Waals surface area contributed by atoms with Gasteiger partial charge >= 0.3 is 0 Å². The summed E-state index contributed by atoms with van der Waals surface area (Å²) in [5.41, 5.74) is 1.07. The van der Waals surface area contributed by atoms with E-state index in [1.54, 1.807) is 20.5 Å². The molecule has 112 valence electrons. The van der Waals surface area contributed by atoms with Gasteiger partial charge in [0.15, 0.2) is 11.8 Å². The van der Waals surface area contributed by atoms with E-state index in [9.17, 15) is 0 Å². The van der Waals surface area contributed by atoms with Crippen LogP contribution in [0.15, 0.2) is 35.6 Å². The Hall–Kier alpha value is -2.57. The van der Waals surface area contributed by atoms with E-state index in [1.807, 2.05) is 35.9 Å². The molecule has 0 saturated carbocycles. The highest BCUT2D eigenvalue weighted by molar-refractivity contribution is 5.79. The molecule has 7 heteroatoms. The smallest absolute Gasteiger partial charge is 0.191 e. The summed E-state index contributed by atoms with van der Waals surface area (Å²) in [5, 5.41) is 14.3. The summed E-state index contributed by atoms with van der Waals surface area (Å²) in [7, 11) is 5.30. The molecule has 2 aromatic rings. The SMILES string of the molecule is CN=C(NCc1ccccc1OC)NCc1nncn1C. The number of nitrogens with zero attached hydrogens (tertiary/aromatic N) is 4. The highest BCUT2D eigenvalue weighted by Gasteiger charge is 2.05. The lowest BCUT2D eigenvalue weighted by Gasteiger charge is -2.13. The fraction of sp³-hybridized carbons (Fsp3) is 0.357. The Balaban J connectivity index is 1.90. The van der Waals surface area contributed by atoms with Crippen LogP contribution < -0.4 is 15.4 Å². The van der Waals surface area contributed by atoms with Crippen LogP contribution in [0.3, 0.4) is 0 Å². The molecule has 0 aliphatic carbocycles. The van der Waals surface area contributed by atoms with Crippen molar-refractivity contribution in [2.24, 2.45) is 12.0 Å². The number of methoxy groups -OCH3 is 1. The Morgan fingerprint density at radius 3 is 2.71 bits per heavy atom. The molecule has 2 N–H and O–H groups in total. The minimum absolute atomic E-state index is 0.558. The molecule has 1 aromatic carbocycles. The molecule has 0 radical (unpaired) electrons. The van der Waals surface area contributed by atoms with E-state index in [4.69, 9.17) is 4.74 Å². The Kier molecular flexibility index (Phi) is 5.14. The summed E-state index contributed by atoms with van der Waals surface area (Å²) in [5.74, 6) is 2.40. The highest BCUT2D eigenvalue weighted by Crippen LogP contribution is 2.16. The van der Waals surface area contributed by atoms with Gasteiger partial charge in [-0.1, -0.05) is 18.2 Å². The summed E-state index contributed by atoms with van der Waals surface area (Å²) >= 11 is 0. The maximum absolute atomic E-state index is 5.32. The molecule has 0 fully saturated rings. The van der Waals surface area contributed by atoms with Gasteiger partial charge in [-0.25, -0.2) is 0 Å². The molecule has 0 amide bonds. The fourth-order valence-corrected chi connectivity index (χ4v) is 1.88. The van der Waals surface area contributed by atoms with Crippen LogP contribution in [0.2, 0.25) is 0 Å². The van der Waals surface area contributed by atoms with Crippen molar-refractivity contribution in [3.8, 4) is 5.75 Å². The number of para-hydroxylation sites is 1. The van der Waals surface area contributed by atoms with Crippen LogP contribution in [0.4, 0.5) is 0 Å². The lowest BCUT2D eigenvalue weighted by Crippen LogP contribution is -2.37. The van der Waals surface area contributed by atoms with Gasteiger partial charge in [-0.05, 0) is 6.07 Å². The van der Waals surface area contributed by atoms with Crippen LogP contribution >= 0.6 is 0 Å². The number of ether oxygens (including phenoxy) is 1. The first-order valence-electron chi connectivity index (χ1n) is 6.64. The van der Waals surface area contributed by atoms with Crippen LogP contribution in [0.1, 0.15) is 11.4 Å². The second-order valence-electron chi connectivity index (χ2n) is 4.45. The monoisotopic (exact) mass is 288 g/mol. The minimum Gasteiger partial charge on any atom is -0.496 e. The van der Waals surface area contributed by atoms with Crippen LogP contribution in [-0.4, -0.2) is 34.9 Å². The fourth-order valence-electron chi connectivity index (χ4n) is 1.88. The van der Waals surface area contributed by atoms with Gasteiger partial charge in [-0.15, -0.1) is 10.2 Å². The number of aliphatic imine (C=N–C) groups is 1. The standard InChI is InChI=1S/C14H20N6O/c1-15-14(17-9-13-19-18-10-20(13)2)16-8-11-6-4-5-7-12(11)21-3/h4-7,10H,8-9H2,1-3H3,(H2,15,16,17). The molecule has 21 heavy (non-hydrogen) atoms. The third kappa shape index (κ3) is 3.95. The molecular weight excluding hydrogens is 268 g/mol. The van der Waals surface area contributed by atoms with Crippen molar-refractivity contribution in [3.05, 3.63) is 42.0 Å². The average molecular weight is 288 g/mol. The van der Waals surface area contributed by atoms with E-state index < -0.39 is 0 Å². The van der Waals surface area contributed by atoms with Gasteiger partial charge in [0.1, 0.15) is 12.1 Å². The zero-order valence-electron chi connectivity index (χ0n) is 12.5. The topological polar surface area (TPSA) is 76.4 Å². The third-order valence-corrected chi connectivity index (χ3v) is 3.08. The summed E-state index contributed by atoms with van der Waals surface area (Å²) in [6.07, 6.45) is 1.67. The lowest BCUT2D eigenvalue weighted by atomic mass is 10.2. The highest BCUT2D eigenvalue weighted by atomic mass is 16.5. The predicted octanol–water partition coefficient (Wildman–Crippen LogP) is 0.689. The predicted molar refractivity (Wildman–Crippen MR) is 81.0 cm³/mol. The molecule has 0 spiro atoms. The van der Waals surface area contributed by atoms with E-state index in [1.165, 1.54) is 0 Å². The van der Waals surface area contributed by atoms with Gasteiger partial charge in [0.2, 0.25) is 0 Å². The van der Waals surface area contributed by atoms with Gasteiger partial charge < -0.3 is 19.9 Å². The molecule has 7 nitrogen and oxygen atoms in total. The van der Waals surface area contributed by atoms with E-state index in [0.717, 1.165) is 17.1 Å². The Morgan fingerprint density at radius 1 is 1.29 bits per heavy atom. The van der Waals surface area contributed by atoms with Crippen molar-refractivity contribution in [2.75, 3.05) is 14.2 Å². The Bertz CT molecular complexity index is 607. The number of aromatic nitrogens is 3. The number of hydrogen-bond acceptors (Lipinski definition) is 4. The maximum atomic E-state index is 5.32. The summed E-state index contributed by atoms with van der Waals surface area (Å²) in [6.45, 7) is 1.19. The first-order valence-corrected chi connectivity index (χ1v) is 6.64. The van der Waals surface area contributed by atoms with Crippen molar-refractivity contribution in [1.82, 2.24) is 25.4 Å². The summed E-state index contributed by atoms with van der Waals surface area (Å²) in [4.78, 5) is 4.18. The quantitative estimate of drug-likeness (QED) is 0.625. The molecule has 1 aromatic heterocycles. The zero-order chi connectivity index (χ0) is 15.1. The van der Waals surface area contributed by atoms with Crippen molar-refractivity contribution in [2.45, 2.75) is 13.1 Å². The molecule has 0 unspecified atom stereocenters. The number of rotatable bonds is 5. The molecule has 2 rings (SSSR count). The zero-order valence-corrected chi connectivity index (χ0v) is 12.5. The molecule has 0 atom stereocenters. The largest absolute Gasteiger partial charge is 0.496 e. The number of benzene rings is 1. The van der Waals surface area contributed by atoms with Crippen LogP contribution in [0.25, 0.3) is 0 Å². The second-order valence-corrected chi connectivity index (χ2v) is 4.45.